The van der Waals surface area contributed by atoms with Crippen molar-refractivity contribution in [1.82, 2.24) is 10.0 Å². The molecule has 0 atom stereocenters. The van der Waals surface area contributed by atoms with Crippen molar-refractivity contribution in [2.75, 3.05) is 6.54 Å². The molecule has 0 saturated heterocycles. The third-order valence-corrected chi connectivity index (χ3v) is 3.93. The van der Waals surface area contributed by atoms with Crippen LogP contribution in [0.25, 0.3) is 0 Å². The van der Waals surface area contributed by atoms with E-state index < -0.39 is 16.4 Å². The maximum absolute atomic E-state index is 11.6. The first-order valence-electron chi connectivity index (χ1n) is 7.10. The minimum Gasteiger partial charge on any atom is -0.316 e. The van der Waals surface area contributed by atoms with Crippen LogP contribution >= 0.6 is 0 Å². The van der Waals surface area contributed by atoms with Gasteiger partial charge in [0.25, 0.3) is 0 Å². The lowest BCUT2D eigenvalue weighted by molar-refractivity contribution is 0.201. The van der Waals surface area contributed by atoms with Crippen LogP contribution in [0.3, 0.4) is 0 Å². The molecule has 0 aliphatic heterocycles. The third kappa shape index (κ3) is 6.50. The van der Waals surface area contributed by atoms with Gasteiger partial charge in [-0.15, -0.1) is 0 Å². The molecule has 0 bridgehead atoms. The Hall–Kier alpha value is -2.38. The van der Waals surface area contributed by atoms with Crippen LogP contribution in [0.15, 0.2) is 60.7 Å². The standard InChI is InChI=1S/C16H18N2O4S/c19-16(17-13-15-9-5-2-6-10-15)22-23(20,21)18-12-11-14-7-3-1-4-8-14/h1-10,18H,11-13H2,(H,17,19). The summed E-state index contributed by atoms with van der Waals surface area (Å²) in [4.78, 5) is 11.5. The van der Waals surface area contributed by atoms with Gasteiger partial charge in [-0.3, -0.25) is 0 Å². The first-order valence-corrected chi connectivity index (χ1v) is 8.51. The van der Waals surface area contributed by atoms with E-state index in [9.17, 15) is 13.2 Å². The maximum atomic E-state index is 11.6. The number of benzene rings is 2. The Labute approximate surface area is 135 Å². The maximum Gasteiger partial charge on any atom is 0.423 e. The molecule has 2 aromatic carbocycles. The highest BCUT2D eigenvalue weighted by Crippen LogP contribution is 2.00. The van der Waals surface area contributed by atoms with Crippen LogP contribution in [0.1, 0.15) is 11.1 Å². The summed E-state index contributed by atoms with van der Waals surface area (Å²) in [6.07, 6.45) is -0.504. The van der Waals surface area contributed by atoms with Gasteiger partial charge in [-0.05, 0) is 17.5 Å². The van der Waals surface area contributed by atoms with Gasteiger partial charge in [0.15, 0.2) is 0 Å². The number of carbonyl (C=O) groups excluding carboxylic acids is 1. The highest BCUT2D eigenvalue weighted by molar-refractivity contribution is 7.85. The lowest BCUT2D eigenvalue weighted by Crippen LogP contribution is -2.34. The number of amides is 1. The van der Waals surface area contributed by atoms with Gasteiger partial charge in [0, 0.05) is 13.1 Å². The number of hydrogen-bond donors (Lipinski definition) is 2. The van der Waals surface area contributed by atoms with Gasteiger partial charge in [0.2, 0.25) is 0 Å². The van der Waals surface area contributed by atoms with Crippen LogP contribution in [-0.4, -0.2) is 21.1 Å². The van der Waals surface area contributed by atoms with E-state index in [0.29, 0.717) is 6.42 Å². The fourth-order valence-corrected chi connectivity index (χ4v) is 2.56. The first-order chi connectivity index (χ1) is 11.1. The van der Waals surface area contributed by atoms with E-state index >= 15 is 0 Å². The minimum atomic E-state index is -4.12. The average molecular weight is 334 g/mol. The number of carbonyl (C=O) groups is 1. The fourth-order valence-electron chi connectivity index (χ4n) is 1.89. The molecule has 0 aromatic heterocycles. The number of rotatable bonds is 7. The van der Waals surface area contributed by atoms with Crippen LogP contribution in [0, 0.1) is 0 Å². The predicted octanol–water partition coefficient (Wildman–Crippen LogP) is 1.99. The Balaban J connectivity index is 1.73. The smallest absolute Gasteiger partial charge is 0.316 e. The summed E-state index contributed by atoms with van der Waals surface area (Å²) in [6.45, 7) is 0.345. The molecule has 7 heteroatoms. The van der Waals surface area contributed by atoms with Crippen LogP contribution < -0.4 is 10.0 Å². The molecule has 0 heterocycles. The molecule has 2 aromatic rings. The van der Waals surface area contributed by atoms with Crippen molar-refractivity contribution < 1.29 is 17.4 Å². The molecule has 0 saturated carbocycles. The van der Waals surface area contributed by atoms with Crippen molar-refractivity contribution in [2.45, 2.75) is 13.0 Å². The quantitative estimate of drug-likeness (QED) is 0.811. The summed E-state index contributed by atoms with van der Waals surface area (Å²) in [5, 5.41) is 2.38. The molecule has 0 radical (unpaired) electrons. The van der Waals surface area contributed by atoms with E-state index in [1.54, 1.807) is 0 Å². The summed E-state index contributed by atoms with van der Waals surface area (Å²) < 4.78 is 29.9. The molecule has 0 spiro atoms. The van der Waals surface area contributed by atoms with Crippen LogP contribution in [0.4, 0.5) is 4.79 Å². The first kappa shape index (κ1) is 17.0. The Morgan fingerprint density at radius 3 is 2.09 bits per heavy atom. The number of hydrogen-bond acceptors (Lipinski definition) is 4. The second kappa shape index (κ2) is 8.30. The largest absolute Gasteiger partial charge is 0.423 e. The van der Waals surface area contributed by atoms with Crippen molar-refractivity contribution in [1.29, 1.82) is 0 Å². The summed E-state index contributed by atoms with van der Waals surface area (Å²) >= 11 is 0. The Morgan fingerprint density at radius 2 is 1.48 bits per heavy atom. The van der Waals surface area contributed by atoms with E-state index in [0.717, 1.165) is 11.1 Å². The second-order valence-electron chi connectivity index (χ2n) is 4.79. The summed E-state index contributed by atoms with van der Waals surface area (Å²) in [5.41, 5.74) is 1.84. The van der Waals surface area contributed by atoms with Gasteiger partial charge in [-0.25, -0.2) is 4.79 Å². The molecule has 6 nitrogen and oxygen atoms in total. The van der Waals surface area contributed by atoms with Gasteiger partial charge < -0.3 is 9.50 Å². The molecule has 1 amide bonds. The molecular formula is C16H18N2O4S. The molecule has 0 aliphatic carbocycles. The van der Waals surface area contributed by atoms with Gasteiger partial charge in [0.05, 0.1) is 0 Å². The van der Waals surface area contributed by atoms with E-state index in [1.807, 2.05) is 60.7 Å². The zero-order chi connectivity index (χ0) is 16.5. The lowest BCUT2D eigenvalue weighted by atomic mass is 10.2. The number of nitrogens with one attached hydrogen (secondary N) is 2. The summed E-state index contributed by atoms with van der Waals surface area (Å²) in [7, 11) is -4.12. The van der Waals surface area contributed by atoms with Gasteiger partial charge in [-0.1, -0.05) is 60.7 Å². The third-order valence-electron chi connectivity index (χ3n) is 3.00. The molecule has 0 fully saturated rings. The molecule has 2 N–H and O–H groups in total. The topological polar surface area (TPSA) is 84.5 Å². The fraction of sp³-hybridized carbons (Fsp3) is 0.188. The molecule has 0 unspecified atom stereocenters. The lowest BCUT2D eigenvalue weighted by Gasteiger charge is -2.08. The zero-order valence-electron chi connectivity index (χ0n) is 12.4. The van der Waals surface area contributed by atoms with E-state index in [4.69, 9.17) is 0 Å². The molecule has 23 heavy (non-hydrogen) atoms. The molecule has 0 aliphatic rings. The Morgan fingerprint density at radius 1 is 0.913 bits per heavy atom. The second-order valence-corrected chi connectivity index (χ2v) is 6.16. The highest BCUT2D eigenvalue weighted by Gasteiger charge is 2.15. The Bertz CT molecular complexity index is 718. The molecule has 122 valence electrons. The van der Waals surface area contributed by atoms with E-state index in [-0.39, 0.29) is 13.1 Å². The van der Waals surface area contributed by atoms with Crippen molar-refractivity contribution in [3.05, 3.63) is 71.8 Å². The van der Waals surface area contributed by atoms with E-state index in [1.165, 1.54) is 0 Å². The predicted molar refractivity (Wildman–Crippen MR) is 86.8 cm³/mol. The van der Waals surface area contributed by atoms with Crippen LogP contribution in [0.5, 0.6) is 0 Å². The Kier molecular flexibility index (Phi) is 6.13. The van der Waals surface area contributed by atoms with Gasteiger partial charge >= 0.3 is 16.4 Å². The normalized spacial score (nSPS) is 11.0. The van der Waals surface area contributed by atoms with Crippen LogP contribution in [0.2, 0.25) is 0 Å². The molecule has 2 rings (SSSR count). The average Bonchev–Trinajstić information content (AvgIpc) is 2.54. The molecular weight excluding hydrogens is 316 g/mol. The van der Waals surface area contributed by atoms with E-state index in [2.05, 4.69) is 14.2 Å². The van der Waals surface area contributed by atoms with Crippen molar-refractivity contribution in [2.24, 2.45) is 0 Å². The SMILES string of the molecule is O=C(NCc1ccccc1)OS(=O)(=O)NCCc1ccccc1. The van der Waals surface area contributed by atoms with Crippen molar-refractivity contribution in [3.8, 4) is 0 Å². The highest BCUT2D eigenvalue weighted by atomic mass is 32.2. The van der Waals surface area contributed by atoms with Crippen LogP contribution in [-0.2, 0) is 27.5 Å². The minimum absolute atomic E-state index is 0.151. The monoisotopic (exact) mass is 334 g/mol. The van der Waals surface area contributed by atoms with Gasteiger partial charge in [0.1, 0.15) is 0 Å². The zero-order valence-corrected chi connectivity index (χ0v) is 13.3. The van der Waals surface area contributed by atoms with Crippen molar-refractivity contribution >= 4 is 16.4 Å². The summed E-state index contributed by atoms with van der Waals surface area (Å²) in [6, 6.07) is 18.5. The summed E-state index contributed by atoms with van der Waals surface area (Å²) in [5.74, 6) is 0. The van der Waals surface area contributed by atoms with Crippen molar-refractivity contribution in [3.63, 3.8) is 0 Å². The van der Waals surface area contributed by atoms with Gasteiger partial charge in [-0.2, -0.15) is 13.1 Å².